The number of rotatable bonds is 9. The number of hydrogen-bond donors (Lipinski definition) is 4. The molecule has 4 N–H and O–H groups in total. The number of imidazole rings is 2. The summed E-state index contributed by atoms with van der Waals surface area (Å²) in [6, 6.07) is 13.6. The van der Waals surface area contributed by atoms with Gasteiger partial charge in [-0.15, -0.1) is 0 Å². The third kappa shape index (κ3) is 6.88. The number of methoxy groups -OCH3 is 1. The summed E-state index contributed by atoms with van der Waals surface area (Å²) < 4.78 is 6.68. The number of carbonyl (C=O) groups excluding carboxylic acids is 4. The van der Waals surface area contributed by atoms with Gasteiger partial charge in [0.2, 0.25) is 17.5 Å². The Morgan fingerprint density at radius 3 is 2.20 bits per heavy atom. The van der Waals surface area contributed by atoms with Crippen LogP contribution in [0.2, 0.25) is 0 Å². The Balaban J connectivity index is 1.02. The minimum Gasteiger partial charge on any atom is -0.453 e. The molecule has 0 radical (unpaired) electrons. The van der Waals surface area contributed by atoms with Gasteiger partial charge in [-0.2, -0.15) is 0 Å². The number of hydrogen-bond acceptors (Lipinski definition) is 8. The molecular formula is C39H43N10O5P. The number of nitrogens with zero attached hydrogens (tertiary/aromatic N) is 6. The molecule has 0 bridgehead atoms. The highest BCUT2D eigenvalue weighted by atomic mass is 31.0. The van der Waals surface area contributed by atoms with Crippen LogP contribution in [-0.4, -0.2) is 95.5 Å². The van der Waals surface area contributed by atoms with E-state index in [-0.39, 0.29) is 42.0 Å². The highest BCUT2D eigenvalue weighted by molar-refractivity contribution is 7.39. The summed E-state index contributed by atoms with van der Waals surface area (Å²) in [6.07, 6.45) is 8.09. The van der Waals surface area contributed by atoms with Gasteiger partial charge in [0.05, 0.1) is 59.5 Å². The van der Waals surface area contributed by atoms with E-state index >= 15 is 0 Å². The first-order chi connectivity index (χ1) is 26.6. The minimum atomic E-state index is -0.642. The van der Waals surface area contributed by atoms with Crippen LogP contribution in [0.25, 0.3) is 49.8 Å². The van der Waals surface area contributed by atoms with Crippen LogP contribution in [0.5, 0.6) is 0 Å². The van der Waals surface area contributed by atoms with E-state index < -0.39 is 12.1 Å². The van der Waals surface area contributed by atoms with Crippen LogP contribution in [-0.2, 0) is 14.3 Å². The maximum absolute atomic E-state index is 13.5. The Hall–Kier alpha value is -5.82. The number of alkyl carbamates (subject to hydrolysis) is 1. The summed E-state index contributed by atoms with van der Waals surface area (Å²) in [7, 11) is 3.36. The second kappa shape index (κ2) is 14.8. The minimum absolute atomic E-state index is 0.0487. The average Bonchev–Trinajstić information content (AvgIpc) is 4.03. The lowest BCUT2D eigenvalue weighted by atomic mass is 10.0. The number of nitrogens with one attached hydrogen (secondary N) is 4. The quantitative estimate of drug-likeness (QED) is 0.135. The van der Waals surface area contributed by atoms with Crippen molar-refractivity contribution in [2.24, 2.45) is 5.92 Å². The molecule has 0 spiro atoms. The van der Waals surface area contributed by atoms with Gasteiger partial charge in [0, 0.05) is 35.0 Å². The Labute approximate surface area is 318 Å². The largest absolute Gasteiger partial charge is 0.453 e. The van der Waals surface area contributed by atoms with E-state index in [1.807, 2.05) is 43.4 Å². The summed E-state index contributed by atoms with van der Waals surface area (Å²) in [5.74, 6) is 1.12. The monoisotopic (exact) mass is 762 g/mol. The molecule has 4 unspecified atom stereocenters. The number of carbonyl (C=O) groups is 4. The van der Waals surface area contributed by atoms with Gasteiger partial charge in [-0.3, -0.25) is 18.8 Å². The highest BCUT2D eigenvalue weighted by Crippen LogP contribution is 2.36. The van der Waals surface area contributed by atoms with Crippen molar-refractivity contribution in [1.82, 2.24) is 49.8 Å². The van der Waals surface area contributed by atoms with Crippen LogP contribution in [0.15, 0.2) is 61.2 Å². The van der Waals surface area contributed by atoms with E-state index in [1.165, 1.54) is 7.11 Å². The van der Waals surface area contributed by atoms with Crippen molar-refractivity contribution in [3.63, 3.8) is 0 Å². The third-order valence-electron chi connectivity index (χ3n) is 10.8. The number of H-pyrrole nitrogens is 2. The van der Waals surface area contributed by atoms with Crippen LogP contribution in [0.3, 0.4) is 0 Å². The van der Waals surface area contributed by atoms with Crippen molar-refractivity contribution in [2.45, 2.75) is 57.7 Å². The molecule has 4 aromatic heterocycles. The van der Waals surface area contributed by atoms with E-state index in [2.05, 4.69) is 74.3 Å². The van der Waals surface area contributed by atoms with Crippen molar-refractivity contribution in [2.75, 3.05) is 26.7 Å². The van der Waals surface area contributed by atoms with Crippen molar-refractivity contribution < 1.29 is 23.9 Å². The zero-order valence-corrected chi connectivity index (χ0v) is 32.0. The standard InChI is InChI=1S/C39H43N10O5P/c1-21(2)34(46-39(53)55)37(51)48-13-5-7-31(48)36-41-17-27(44-36)22-9-11-29-24(14-22)16-32-25-10-8-23(15-26(25)43-20-49(29)32)28-18-40-35(45-28)30-6-4-12-47(30)33(50)19-42-38(52)54-3/h8-11,14-18,20-21,30-31,34H,4-7,12-13,19,55H2,1-3H3,(H,40,45)(H,41,44)(H,42,52)(H,46,53). The van der Waals surface area contributed by atoms with E-state index in [9.17, 15) is 19.2 Å². The first-order valence-corrected chi connectivity index (χ1v) is 19.1. The van der Waals surface area contributed by atoms with Gasteiger partial charge in [-0.25, -0.2) is 19.7 Å². The first kappa shape index (κ1) is 36.2. The second-order valence-electron chi connectivity index (χ2n) is 14.5. The molecule has 16 heteroatoms. The van der Waals surface area contributed by atoms with Crippen molar-refractivity contribution in [1.29, 1.82) is 0 Å². The molecule has 8 rings (SSSR count). The number of fused-ring (bicyclic) bond motifs is 5. The molecule has 2 fully saturated rings. The fraction of sp³-hybridized carbons (Fsp3) is 0.359. The van der Waals surface area contributed by atoms with Crippen LogP contribution in [0, 0.1) is 5.92 Å². The lowest BCUT2D eigenvalue weighted by Crippen LogP contribution is -2.49. The normalized spacial score (nSPS) is 17.8. The average molecular weight is 763 g/mol. The molecule has 0 saturated carbocycles. The number of aromatic nitrogens is 6. The van der Waals surface area contributed by atoms with Crippen LogP contribution < -0.4 is 10.6 Å². The molecule has 4 amide bonds. The maximum atomic E-state index is 13.5. The molecule has 2 saturated heterocycles. The van der Waals surface area contributed by atoms with Gasteiger partial charge in [0.15, 0.2) is 0 Å². The molecule has 0 aliphatic carbocycles. The summed E-state index contributed by atoms with van der Waals surface area (Å²) in [5.41, 5.74) is 6.17. The van der Waals surface area contributed by atoms with Crippen molar-refractivity contribution in [3.8, 4) is 22.5 Å². The molecule has 4 atom stereocenters. The molecule has 2 aliphatic rings. The van der Waals surface area contributed by atoms with Gasteiger partial charge in [0.25, 0.3) is 0 Å². The molecule has 2 aliphatic heterocycles. The molecule has 55 heavy (non-hydrogen) atoms. The van der Waals surface area contributed by atoms with Crippen LogP contribution in [0.1, 0.15) is 63.3 Å². The summed E-state index contributed by atoms with van der Waals surface area (Å²) in [5, 5.41) is 7.32. The topological polar surface area (TPSA) is 183 Å². The van der Waals surface area contributed by atoms with Gasteiger partial charge >= 0.3 is 6.09 Å². The van der Waals surface area contributed by atoms with Gasteiger partial charge in [0.1, 0.15) is 30.6 Å². The molecule has 6 heterocycles. The SMILES string of the molecule is COC(=O)NCC(=O)N1CCCC1c1ncc(-c2ccc3c(c2)ncn2c4ccc(-c5cnc(C6CCCN6C(=O)C(NC(=O)P)C(C)C)[nH]5)cc4cc32)[nH]1. The summed E-state index contributed by atoms with van der Waals surface area (Å²) in [6.45, 7) is 4.94. The zero-order valence-electron chi connectivity index (χ0n) is 30.8. The first-order valence-electron chi connectivity index (χ1n) is 18.5. The van der Waals surface area contributed by atoms with Crippen molar-refractivity contribution in [3.05, 3.63) is 72.8 Å². The molecule has 15 nitrogen and oxygen atoms in total. The third-order valence-corrected chi connectivity index (χ3v) is 10.9. The Morgan fingerprint density at radius 1 is 0.873 bits per heavy atom. The lowest BCUT2D eigenvalue weighted by molar-refractivity contribution is -0.135. The molecular weight excluding hydrogens is 719 g/mol. The van der Waals surface area contributed by atoms with E-state index in [4.69, 9.17) is 9.97 Å². The number of ether oxygens (including phenoxy) is 1. The summed E-state index contributed by atoms with van der Waals surface area (Å²) >= 11 is 0. The van der Waals surface area contributed by atoms with Gasteiger partial charge < -0.3 is 35.1 Å². The second-order valence-corrected chi connectivity index (χ2v) is 15.0. The predicted octanol–water partition coefficient (Wildman–Crippen LogP) is 5.71. The number of aromatic amines is 2. The van der Waals surface area contributed by atoms with E-state index in [0.717, 1.165) is 81.3 Å². The van der Waals surface area contributed by atoms with Crippen LogP contribution in [0.4, 0.5) is 9.59 Å². The Morgan fingerprint density at radius 2 is 1.53 bits per heavy atom. The van der Waals surface area contributed by atoms with Gasteiger partial charge in [-0.05, 0) is 65.1 Å². The number of amides is 4. The predicted molar refractivity (Wildman–Crippen MR) is 210 cm³/mol. The zero-order chi connectivity index (χ0) is 38.4. The molecule has 284 valence electrons. The number of likely N-dealkylation sites (tertiary alicyclic amines) is 2. The number of benzene rings is 2. The Bertz CT molecular complexity index is 2450. The van der Waals surface area contributed by atoms with E-state index in [1.54, 1.807) is 11.1 Å². The van der Waals surface area contributed by atoms with Crippen LogP contribution >= 0.6 is 9.24 Å². The van der Waals surface area contributed by atoms with Crippen molar-refractivity contribution >= 4 is 60.1 Å². The Kier molecular flexibility index (Phi) is 9.72. The van der Waals surface area contributed by atoms with Gasteiger partial charge in [-0.1, -0.05) is 32.0 Å². The molecule has 2 aromatic carbocycles. The molecule has 6 aromatic rings. The fourth-order valence-corrected chi connectivity index (χ4v) is 8.19. The smallest absolute Gasteiger partial charge is 0.407 e. The lowest BCUT2D eigenvalue weighted by Gasteiger charge is -2.30. The maximum Gasteiger partial charge on any atom is 0.407 e. The summed E-state index contributed by atoms with van der Waals surface area (Å²) in [4.78, 5) is 74.4. The fourth-order valence-electron chi connectivity index (χ4n) is 8.01. The van der Waals surface area contributed by atoms with E-state index in [0.29, 0.717) is 18.9 Å². The highest BCUT2D eigenvalue weighted by Gasteiger charge is 2.37.